The van der Waals surface area contributed by atoms with Gasteiger partial charge < -0.3 is 24.3 Å². The van der Waals surface area contributed by atoms with Crippen LogP contribution in [-0.4, -0.2) is 66.0 Å². The Morgan fingerprint density at radius 3 is 2.40 bits per heavy atom. The van der Waals surface area contributed by atoms with Gasteiger partial charge in [0, 0.05) is 31.6 Å². The first-order valence-electron chi connectivity index (χ1n) is 14.4. The number of nitrogens with zero attached hydrogens (tertiary/aromatic N) is 2. The van der Waals surface area contributed by atoms with Gasteiger partial charge in [0.25, 0.3) is 6.01 Å². The number of rotatable bonds is 11. The molecule has 232 valence electrons. The highest BCUT2D eigenvalue weighted by Crippen LogP contribution is 2.34. The molecule has 0 aliphatic carbocycles. The second kappa shape index (κ2) is 13.3. The second-order valence-corrected chi connectivity index (χ2v) is 11.3. The van der Waals surface area contributed by atoms with E-state index in [0.29, 0.717) is 24.7 Å². The molecule has 1 fully saturated rings. The summed E-state index contributed by atoms with van der Waals surface area (Å²) in [6, 6.07) is 20.7. The minimum Gasteiger partial charge on any atom is -0.465 e. The van der Waals surface area contributed by atoms with Crippen molar-refractivity contribution >= 4 is 28.6 Å². The lowest BCUT2D eigenvalue weighted by Gasteiger charge is -2.39. The number of nitrogens with one attached hydrogen (secondary N) is 1. The van der Waals surface area contributed by atoms with Crippen molar-refractivity contribution in [1.29, 1.82) is 0 Å². The van der Waals surface area contributed by atoms with Gasteiger partial charge >= 0.3 is 5.97 Å². The van der Waals surface area contributed by atoms with Gasteiger partial charge in [-0.05, 0) is 40.5 Å². The van der Waals surface area contributed by atoms with Gasteiger partial charge in [0.05, 0.1) is 48.6 Å². The number of carbonyl (C=O) groups excluding carboxylic acids is 1. The first-order valence-corrected chi connectivity index (χ1v) is 14.7. The predicted molar refractivity (Wildman–Crippen MR) is 166 cm³/mol. The lowest BCUT2D eigenvalue weighted by Crippen LogP contribution is -2.48. The molecule has 1 aliphatic heterocycles. The Morgan fingerprint density at radius 1 is 1.02 bits per heavy atom. The van der Waals surface area contributed by atoms with Crippen LogP contribution in [0.4, 0.5) is 8.78 Å². The molecule has 11 heteroatoms. The number of fused-ring (bicyclic) bond motifs is 1. The summed E-state index contributed by atoms with van der Waals surface area (Å²) in [6.07, 6.45) is 0. The Balaban J connectivity index is 1.14. The third-order valence-corrected chi connectivity index (χ3v) is 8.02. The molecule has 1 aromatic heterocycles. The molecule has 1 saturated heterocycles. The van der Waals surface area contributed by atoms with Crippen molar-refractivity contribution in [3.8, 4) is 34.0 Å². The number of esters is 1. The fraction of sp³-hybridized carbons (Fsp3) is 0.235. The van der Waals surface area contributed by atoms with Crippen LogP contribution in [0.25, 0.3) is 33.3 Å². The highest BCUT2D eigenvalue weighted by molar-refractivity contribution is 6.33. The average molecular weight is 634 g/mol. The van der Waals surface area contributed by atoms with E-state index >= 15 is 8.78 Å². The summed E-state index contributed by atoms with van der Waals surface area (Å²) in [5.41, 5.74) is 3.40. The zero-order valence-electron chi connectivity index (χ0n) is 24.4. The maximum atomic E-state index is 15.7. The van der Waals surface area contributed by atoms with Gasteiger partial charge in [0.15, 0.2) is 5.82 Å². The molecular weight excluding hydrogens is 604 g/mol. The number of hydrogen-bond acceptors (Lipinski definition) is 7. The summed E-state index contributed by atoms with van der Waals surface area (Å²) in [5.74, 6) is -1.51. The van der Waals surface area contributed by atoms with E-state index in [0.717, 1.165) is 30.8 Å². The zero-order chi connectivity index (χ0) is 31.5. The van der Waals surface area contributed by atoms with Crippen LogP contribution in [0, 0.1) is 17.6 Å². The number of benzene rings is 4. The van der Waals surface area contributed by atoms with Gasteiger partial charge in [0.1, 0.15) is 17.1 Å². The number of likely N-dealkylation sites (tertiary alicyclic amines) is 1. The van der Waals surface area contributed by atoms with Crippen molar-refractivity contribution in [3.05, 3.63) is 101 Å². The number of aromatic amines is 1. The molecule has 6 rings (SSSR count). The van der Waals surface area contributed by atoms with E-state index in [1.807, 2.05) is 24.3 Å². The van der Waals surface area contributed by atoms with Crippen LogP contribution in [0.15, 0.2) is 72.8 Å². The van der Waals surface area contributed by atoms with Crippen molar-refractivity contribution < 1.29 is 32.9 Å². The molecule has 0 radical (unpaired) electrons. The van der Waals surface area contributed by atoms with Crippen molar-refractivity contribution in [2.45, 2.75) is 6.54 Å². The Kier molecular flexibility index (Phi) is 9.09. The quantitative estimate of drug-likeness (QED) is 0.121. The lowest BCUT2D eigenvalue weighted by atomic mass is 9.97. The van der Waals surface area contributed by atoms with E-state index in [2.05, 4.69) is 27.0 Å². The van der Waals surface area contributed by atoms with Crippen molar-refractivity contribution in [1.82, 2.24) is 14.9 Å². The Morgan fingerprint density at radius 2 is 1.71 bits per heavy atom. The Hall–Kier alpha value is -4.35. The van der Waals surface area contributed by atoms with E-state index in [1.54, 1.807) is 12.1 Å². The highest BCUT2D eigenvalue weighted by atomic mass is 35.5. The van der Waals surface area contributed by atoms with Crippen LogP contribution in [-0.2, 0) is 16.0 Å². The molecular formula is C34H30ClF2N3O5. The minimum absolute atomic E-state index is 0.0481. The van der Waals surface area contributed by atoms with Gasteiger partial charge in [-0.2, -0.15) is 4.98 Å². The van der Waals surface area contributed by atoms with Crippen LogP contribution in [0.1, 0.15) is 15.9 Å². The van der Waals surface area contributed by atoms with Gasteiger partial charge in [0.2, 0.25) is 0 Å². The lowest BCUT2D eigenvalue weighted by molar-refractivity contribution is 0.000500. The SMILES string of the molecule is COC(=O)c1cc(Oc2nc3c(F)c(-c4ccc(-c5ccc(CN6CC(COCCO)C6)cc5)cc4)c(F)cc3[nH]2)ccc1Cl. The fourth-order valence-corrected chi connectivity index (χ4v) is 5.63. The number of aliphatic hydroxyl groups excluding tert-OH is 1. The first kappa shape index (κ1) is 30.7. The molecule has 45 heavy (non-hydrogen) atoms. The van der Waals surface area contributed by atoms with Gasteiger partial charge in [-0.25, -0.2) is 13.6 Å². The maximum absolute atomic E-state index is 15.7. The molecule has 0 spiro atoms. The molecule has 8 nitrogen and oxygen atoms in total. The number of hydrogen-bond donors (Lipinski definition) is 2. The topological polar surface area (TPSA) is 96.9 Å². The monoisotopic (exact) mass is 633 g/mol. The van der Waals surface area contributed by atoms with Gasteiger partial charge in [-0.3, -0.25) is 4.90 Å². The molecule has 0 unspecified atom stereocenters. The zero-order valence-corrected chi connectivity index (χ0v) is 25.1. The number of H-pyrrole nitrogens is 1. The summed E-state index contributed by atoms with van der Waals surface area (Å²) >= 11 is 6.06. The minimum atomic E-state index is -0.826. The standard InChI is InChI=1S/C34H30ClF2N3O5/c1-43-33(42)26-14-25(10-11-27(26)35)45-34-38-29-15-28(36)30(31(37)32(29)39-34)24-8-6-23(7-9-24)22-4-2-20(3-5-22)16-40-17-21(18-40)19-44-13-12-41/h2-11,14-15,21,41H,12-13,16-19H2,1H3,(H,38,39). The van der Waals surface area contributed by atoms with E-state index in [1.165, 1.54) is 36.9 Å². The summed E-state index contributed by atoms with van der Waals surface area (Å²) in [4.78, 5) is 21.3. The van der Waals surface area contributed by atoms with E-state index in [9.17, 15) is 4.79 Å². The molecule has 1 aliphatic rings. The molecule has 2 N–H and O–H groups in total. The maximum Gasteiger partial charge on any atom is 0.339 e. The molecule has 4 aromatic carbocycles. The second-order valence-electron chi connectivity index (χ2n) is 10.9. The molecule has 0 bridgehead atoms. The number of ether oxygens (including phenoxy) is 3. The van der Waals surface area contributed by atoms with Crippen molar-refractivity contribution in [3.63, 3.8) is 0 Å². The number of halogens is 3. The third-order valence-electron chi connectivity index (χ3n) is 7.69. The van der Waals surface area contributed by atoms with Crippen LogP contribution >= 0.6 is 11.6 Å². The summed E-state index contributed by atoms with van der Waals surface area (Å²) in [7, 11) is 1.23. The van der Waals surface area contributed by atoms with E-state index in [4.69, 9.17) is 30.9 Å². The smallest absolute Gasteiger partial charge is 0.339 e. The van der Waals surface area contributed by atoms with Gasteiger partial charge in [-0.1, -0.05) is 60.1 Å². The van der Waals surface area contributed by atoms with Gasteiger partial charge in [-0.15, -0.1) is 0 Å². The summed E-state index contributed by atoms with van der Waals surface area (Å²) < 4.78 is 46.7. The van der Waals surface area contributed by atoms with Crippen LogP contribution in [0.5, 0.6) is 11.8 Å². The molecule has 2 heterocycles. The Bertz CT molecular complexity index is 1820. The molecule has 0 amide bonds. The number of methoxy groups -OCH3 is 1. The number of aliphatic hydroxyl groups is 1. The van der Waals surface area contributed by atoms with Crippen LogP contribution in [0.2, 0.25) is 5.02 Å². The first-order chi connectivity index (χ1) is 21.8. The van der Waals surface area contributed by atoms with Crippen LogP contribution in [0.3, 0.4) is 0 Å². The summed E-state index contributed by atoms with van der Waals surface area (Å²) in [6.45, 7) is 3.90. The Labute approximate surface area is 263 Å². The number of carbonyl (C=O) groups is 1. The molecule has 0 atom stereocenters. The third kappa shape index (κ3) is 6.69. The largest absolute Gasteiger partial charge is 0.465 e. The predicted octanol–water partition coefficient (Wildman–Crippen LogP) is 6.85. The fourth-order valence-electron chi connectivity index (χ4n) is 5.43. The highest BCUT2D eigenvalue weighted by Gasteiger charge is 2.26. The average Bonchev–Trinajstić information content (AvgIpc) is 3.43. The summed E-state index contributed by atoms with van der Waals surface area (Å²) in [5, 5.41) is 9.01. The van der Waals surface area contributed by atoms with E-state index < -0.39 is 17.6 Å². The number of aromatic nitrogens is 2. The van der Waals surface area contributed by atoms with E-state index in [-0.39, 0.29) is 45.5 Å². The van der Waals surface area contributed by atoms with Crippen molar-refractivity contribution in [2.75, 3.05) is 40.0 Å². The van der Waals surface area contributed by atoms with Crippen LogP contribution < -0.4 is 4.74 Å². The number of imidazole rings is 1. The normalized spacial score (nSPS) is 13.6. The van der Waals surface area contributed by atoms with Crippen molar-refractivity contribution in [2.24, 2.45) is 5.92 Å². The molecule has 0 saturated carbocycles. The molecule has 5 aromatic rings.